The fourth-order valence-electron chi connectivity index (χ4n) is 4.61. The normalized spacial score (nSPS) is 19.2. The highest BCUT2D eigenvalue weighted by atomic mass is 32.2. The number of imidazole rings is 1. The number of ether oxygens (including phenoxy) is 1. The molecule has 2 aliphatic heterocycles. The summed E-state index contributed by atoms with van der Waals surface area (Å²) in [5, 5.41) is 0. The van der Waals surface area contributed by atoms with Crippen molar-refractivity contribution in [2.45, 2.75) is 31.8 Å². The standard InChI is InChI=1S/C20H26N4O4S/c1-15-14-21-19-20(24(29(3,26)27)12-11-23(15)19)7-9-22(10-8-20)18(25)16-5-4-6-17(13-16)28-2/h4-6,13-14H,7-12H2,1-3H3. The lowest BCUT2D eigenvalue weighted by Gasteiger charge is -2.49. The van der Waals surface area contributed by atoms with Gasteiger partial charge >= 0.3 is 0 Å². The summed E-state index contributed by atoms with van der Waals surface area (Å²) in [6.07, 6.45) is 4.10. The molecule has 2 aliphatic rings. The van der Waals surface area contributed by atoms with E-state index in [2.05, 4.69) is 9.55 Å². The van der Waals surface area contributed by atoms with E-state index in [1.165, 1.54) is 6.26 Å². The van der Waals surface area contributed by atoms with Crippen LogP contribution in [0.15, 0.2) is 30.5 Å². The van der Waals surface area contributed by atoms with Crippen LogP contribution in [-0.2, 0) is 22.1 Å². The van der Waals surface area contributed by atoms with Crippen LogP contribution in [0.4, 0.5) is 0 Å². The second-order valence-electron chi connectivity index (χ2n) is 7.77. The number of amides is 1. The van der Waals surface area contributed by atoms with Gasteiger partial charge in [0, 0.05) is 43.6 Å². The molecule has 0 saturated carbocycles. The summed E-state index contributed by atoms with van der Waals surface area (Å²) in [5.41, 5.74) is 0.897. The summed E-state index contributed by atoms with van der Waals surface area (Å²) in [6.45, 7) is 3.94. The number of hydrogen-bond acceptors (Lipinski definition) is 5. The number of nitrogens with zero attached hydrogens (tertiary/aromatic N) is 4. The van der Waals surface area contributed by atoms with Crippen molar-refractivity contribution in [2.24, 2.45) is 0 Å². The maximum atomic E-state index is 13.0. The molecular weight excluding hydrogens is 392 g/mol. The highest BCUT2D eigenvalue weighted by Gasteiger charge is 2.51. The largest absolute Gasteiger partial charge is 0.497 e. The number of likely N-dealkylation sites (tertiary alicyclic amines) is 1. The molecule has 0 aliphatic carbocycles. The molecule has 1 amide bonds. The van der Waals surface area contributed by atoms with Crippen LogP contribution in [0.5, 0.6) is 5.75 Å². The molecule has 0 N–H and O–H groups in total. The molecular formula is C20H26N4O4S. The first-order valence-corrected chi connectivity index (χ1v) is 11.5. The molecule has 1 fully saturated rings. The average molecular weight is 419 g/mol. The van der Waals surface area contributed by atoms with Gasteiger partial charge in [-0.1, -0.05) is 6.07 Å². The zero-order valence-electron chi connectivity index (χ0n) is 17.0. The van der Waals surface area contributed by atoms with Crippen LogP contribution in [0.1, 0.15) is 34.7 Å². The van der Waals surface area contributed by atoms with Crippen molar-refractivity contribution in [2.75, 3.05) is 33.0 Å². The van der Waals surface area contributed by atoms with Crippen molar-refractivity contribution in [1.82, 2.24) is 18.8 Å². The van der Waals surface area contributed by atoms with Crippen LogP contribution in [0.25, 0.3) is 0 Å². The monoisotopic (exact) mass is 418 g/mol. The van der Waals surface area contributed by atoms with Crippen LogP contribution in [0, 0.1) is 6.92 Å². The van der Waals surface area contributed by atoms with Crippen molar-refractivity contribution in [3.63, 3.8) is 0 Å². The molecule has 3 heterocycles. The number of methoxy groups -OCH3 is 1. The van der Waals surface area contributed by atoms with E-state index in [-0.39, 0.29) is 5.91 Å². The van der Waals surface area contributed by atoms with E-state index in [9.17, 15) is 13.2 Å². The van der Waals surface area contributed by atoms with Crippen molar-refractivity contribution in [3.8, 4) is 5.75 Å². The molecule has 1 aromatic heterocycles. The Bertz CT molecular complexity index is 1040. The highest BCUT2D eigenvalue weighted by molar-refractivity contribution is 7.88. The van der Waals surface area contributed by atoms with E-state index in [0.717, 1.165) is 11.5 Å². The number of hydrogen-bond donors (Lipinski definition) is 0. The van der Waals surface area contributed by atoms with E-state index in [4.69, 9.17) is 4.74 Å². The maximum Gasteiger partial charge on any atom is 0.253 e. The Labute approximate surface area is 171 Å². The number of carbonyl (C=O) groups excluding carboxylic acids is 1. The lowest BCUT2D eigenvalue weighted by Crippen LogP contribution is -2.59. The molecule has 0 unspecified atom stereocenters. The molecule has 2 aromatic rings. The van der Waals surface area contributed by atoms with Crippen molar-refractivity contribution < 1.29 is 17.9 Å². The van der Waals surface area contributed by atoms with Gasteiger partial charge < -0.3 is 14.2 Å². The molecule has 156 valence electrons. The molecule has 0 bridgehead atoms. The second kappa shape index (κ2) is 7.14. The average Bonchev–Trinajstić information content (AvgIpc) is 3.09. The number of fused-ring (bicyclic) bond motifs is 2. The Morgan fingerprint density at radius 3 is 2.55 bits per heavy atom. The van der Waals surface area contributed by atoms with E-state index in [1.807, 2.05) is 6.92 Å². The molecule has 29 heavy (non-hydrogen) atoms. The Balaban J connectivity index is 1.62. The maximum absolute atomic E-state index is 13.0. The van der Waals surface area contributed by atoms with E-state index in [1.54, 1.807) is 46.8 Å². The van der Waals surface area contributed by atoms with Gasteiger partial charge in [-0.15, -0.1) is 0 Å². The van der Waals surface area contributed by atoms with Crippen molar-refractivity contribution in [1.29, 1.82) is 0 Å². The summed E-state index contributed by atoms with van der Waals surface area (Å²) in [5.74, 6) is 1.36. The van der Waals surface area contributed by atoms with Gasteiger partial charge in [0.2, 0.25) is 10.0 Å². The number of aromatic nitrogens is 2. The number of benzene rings is 1. The third-order valence-electron chi connectivity index (χ3n) is 6.07. The third kappa shape index (κ3) is 3.32. The van der Waals surface area contributed by atoms with Gasteiger partial charge in [0.05, 0.1) is 18.9 Å². The zero-order valence-corrected chi connectivity index (χ0v) is 17.8. The van der Waals surface area contributed by atoms with Crippen molar-refractivity contribution in [3.05, 3.63) is 47.5 Å². The minimum Gasteiger partial charge on any atom is -0.497 e. The van der Waals surface area contributed by atoms with Crippen LogP contribution in [0.3, 0.4) is 0 Å². The lowest BCUT2D eigenvalue weighted by molar-refractivity contribution is 0.0383. The summed E-state index contributed by atoms with van der Waals surface area (Å²) in [6, 6.07) is 7.10. The lowest BCUT2D eigenvalue weighted by atomic mass is 9.85. The van der Waals surface area contributed by atoms with Crippen LogP contribution in [-0.4, -0.2) is 66.1 Å². The molecule has 9 heteroatoms. The summed E-state index contributed by atoms with van der Waals surface area (Å²) < 4.78 is 34.1. The Kier molecular flexibility index (Phi) is 4.90. The van der Waals surface area contributed by atoms with E-state index in [0.29, 0.717) is 50.3 Å². The summed E-state index contributed by atoms with van der Waals surface area (Å²) in [4.78, 5) is 19.4. The fraction of sp³-hybridized carbons (Fsp3) is 0.500. The number of piperidine rings is 1. The predicted octanol–water partition coefficient (Wildman–Crippen LogP) is 1.61. The van der Waals surface area contributed by atoms with Gasteiger partial charge in [-0.2, -0.15) is 4.31 Å². The topological polar surface area (TPSA) is 84.7 Å². The second-order valence-corrected chi connectivity index (χ2v) is 9.67. The highest BCUT2D eigenvalue weighted by Crippen LogP contribution is 2.42. The molecule has 1 aromatic carbocycles. The smallest absolute Gasteiger partial charge is 0.253 e. The Hall–Kier alpha value is -2.39. The molecule has 1 saturated heterocycles. The van der Waals surface area contributed by atoms with E-state index >= 15 is 0 Å². The molecule has 8 nitrogen and oxygen atoms in total. The number of aryl methyl sites for hydroxylation is 1. The van der Waals surface area contributed by atoms with Crippen LogP contribution < -0.4 is 4.74 Å². The molecule has 4 rings (SSSR count). The van der Waals surface area contributed by atoms with Gasteiger partial charge in [-0.3, -0.25) is 4.79 Å². The minimum atomic E-state index is -3.41. The Morgan fingerprint density at radius 2 is 1.90 bits per heavy atom. The quantitative estimate of drug-likeness (QED) is 0.756. The number of carbonyl (C=O) groups is 1. The van der Waals surface area contributed by atoms with E-state index < -0.39 is 15.6 Å². The van der Waals surface area contributed by atoms with Crippen molar-refractivity contribution >= 4 is 15.9 Å². The van der Waals surface area contributed by atoms with Gasteiger partial charge in [0.15, 0.2) is 0 Å². The molecule has 0 atom stereocenters. The van der Waals surface area contributed by atoms with Crippen LogP contribution >= 0.6 is 0 Å². The van der Waals surface area contributed by atoms with Gasteiger partial charge in [0.1, 0.15) is 11.6 Å². The van der Waals surface area contributed by atoms with Crippen LogP contribution in [0.2, 0.25) is 0 Å². The third-order valence-corrected chi connectivity index (χ3v) is 7.40. The fourth-order valence-corrected chi connectivity index (χ4v) is 5.92. The van der Waals surface area contributed by atoms with Gasteiger partial charge in [0.25, 0.3) is 5.91 Å². The molecule has 1 spiro atoms. The van der Waals surface area contributed by atoms with Gasteiger partial charge in [-0.05, 0) is 38.0 Å². The minimum absolute atomic E-state index is 0.0695. The number of rotatable bonds is 3. The SMILES string of the molecule is COc1cccc(C(=O)N2CCC3(CC2)c2ncc(C)n2CCN3S(C)(=O)=O)c1. The number of sulfonamides is 1. The molecule has 0 radical (unpaired) electrons. The first kappa shape index (κ1) is 19.9. The zero-order chi connectivity index (χ0) is 20.8. The summed E-state index contributed by atoms with van der Waals surface area (Å²) >= 11 is 0. The predicted molar refractivity (Wildman–Crippen MR) is 108 cm³/mol. The first-order chi connectivity index (χ1) is 13.8. The summed E-state index contributed by atoms with van der Waals surface area (Å²) in [7, 11) is -1.84. The van der Waals surface area contributed by atoms with Gasteiger partial charge in [-0.25, -0.2) is 13.4 Å². The Morgan fingerprint density at radius 1 is 1.17 bits per heavy atom. The first-order valence-electron chi connectivity index (χ1n) is 9.70.